The van der Waals surface area contributed by atoms with Crippen molar-refractivity contribution in [2.45, 2.75) is 4.90 Å². The van der Waals surface area contributed by atoms with Crippen LogP contribution in [0, 0.1) is 0 Å². The lowest BCUT2D eigenvalue weighted by molar-refractivity contribution is 0.104. The average Bonchev–Trinajstić information content (AvgIpc) is 2.58. The van der Waals surface area contributed by atoms with Crippen molar-refractivity contribution in [1.82, 2.24) is 0 Å². The highest BCUT2D eigenvalue weighted by Gasteiger charge is 2.15. The fraction of sp³-hybridized carbons (Fsp3) is 0.105. The van der Waals surface area contributed by atoms with Crippen molar-refractivity contribution in [2.24, 2.45) is 0 Å². The zero-order chi connectivity index (χ0) is 17.6. The third-order valence-corrected chi connectivity index (χ3v) is 4.43. The maximum atomic E-state index is 12.2. The highest BCUT2D eigenvalue weighted by atomic mass is 32.2. The molecule has 5 heteroatoms. The minimum Gasteiger partial charge on any atom is -0.495 e. The Morgan fingerprint density at radius 2 is 1.75 bits per heavy atom. The minimum absolute atomic E-state index is 0.0644. The molecule has 24 heavy (non-hydrogen) atoms. The standard InChI is InChI=1S/C19H18O4S/c1-23-18-14-16(12-13-19(18)24(2,21)22)17(20)11-7-6-10-15-8-4-3-5-9-15/h3-14H,1-2H3. The molecule has 0 amide bonds. The van der Waals surface area contributed by atoms with Crippen LogP contribution in [0.3, 0.4) is 0 Å². The van der Waals surface area contributed by atoms with E-state index in [2.05, 4.69) is 0 Å². The molecule has 0 heterocycles. The van der Waals surface area contributed by atoms with Gasteiger partial charge in [0.15, 0.2) is 15.6 Å². The molecular weight excluding hydrogens is 324 g/mol. The van der Waals surface area contributed by atoms with E-state index >= 15 is 0 Å². The molecule has 0 aromatic heterocycles. The first kappa shape index (κ1) is 17.7. The normalized spacial score (nSPS) is 11.9. The van der Waals surface area contributed by atoms with Crippen molar-refractivity contribution in [2.75, 3.05) is 13.4 Å². The quantitative estimate of drug-likeness (QED) is 0.458. The van der Waals surface area contributed by atoms with Gasteiger partial charge in [0.25, 0.3) is 0 Å². The highest BCUT2D eigenvalue weighted by Crippen LogP contribution is 2.25. The minimum atomic E-state index is -3.41. The second kappa shape index (κ2) is 7.75. The molecule has 4 nitrogen and oxygen atoms in total. The van der Waals surface area contributed by atoms with Crippen molar-refractivity contribution < 1.29 is 17.9 Å². The molecule has 0 radical (unpaired) electrons. The van der Waals surface area contributed by atoms with E-state index in [4.69, 9.17) is 4.74 Å². The van der Waals surface area contributed by atoms with Gasteiger partial charge < -0.3 is 4.74 Å². The second-order valence-electron chi connectivity index (χ2n) is 5.13. The molecule has 0 saturated heterocycles. The van der Waals surface area contributed by atoms with Gasteiger partial charge in [-0.3, -0.25) is 4.79 Å². The van der Waals surface area contributed by atoms with E-state index in [9.17, 15) is 13.2 Å². The molecule has 0 saturated carbocycles. The predicted octanol–water partition coefficient (Wildman–Crippen LogP) is 3.55. The van der Waals surface area contributed by atoms with Crippen molar-refractivity contribution in [3.63, 3.8) is 0 Å². The smallest absolute Gasteiger partial charge is 0.185 e. The zero-order valence-corrected chi connectivity index (χ0v) is 14.3. The van der Waals surface area contributed by atoms with E-state index in [0.717, 1.165) is 11.8 Å². The molecule has 0 atom stereocenters. The van der Waals surface area contributed by atoms with Crippen molar-refractivity contribution >= 4 is 21.7 Å². The number of sulfone groups is 1. The molecule has 0 aliphatic rings. The number of methoxy groups -OCH3 is 1. The molecule has 0 fully saturated rings. The first-order chi connectivity index (χ1) is 11.4. The lowest BCUT2D eigenvalue weighted by Crippen LogP contribution is -2.03. The van der Waals surface area contributed by atoms with E-state index in [1.807, 2.05) is 36.4 Å². The van der Waals surface area contributed by atoms with E-state index < -0.39 is 9.84 Å². The number of allylic oxidation sites excluding steroid dienone is 3. The van der Waals surface area contributed by atoms with Gasteiger partial charge in [0.2, 0.25) is 0 Å². The Labute approximate surface area is 142 Å². The summed E-state index contributed by atoms with van der Waals surface area (Å²) in [5, 5.41) is 0. The summed E-state index contributed by atoms with van der Waals surface area (Å²) < 4.78 is 28.4. The maximum Gasteiger partial charge on any atom is 0.185 e. The number of ketones is 1. The molecule has 0 N–H and O–H groups in total. The Balaban J connectivity index is 2.15. The van der Waals surface area contributed by atoms with Gasteiger partial charge in [0, 0.05) is 11.8 Å². The molecule has 124 valence electrons. The first-order valence-corrected chi connectivity index (χ1v) is 9.13. The third-order valence-electron chi connectivity index (χ3n) is 3.29. The SMILES string of the molecule is COc1cc(C(=O)C=CC=Cc2ccccc2)ccc1S(C)(=O)=O. The number of rotatable bonds is 6. The van der Waals surface area contributed by atoms with Crippen LogP contribution < -0.4 is 4.74 Å². The Morgan fingerprint density at radius 1 is 1.04 bits per heavy atom. The van der Waals surface area contributed by atoms with Crippen LogP contribution in [0.5, 0.6) is 5.75 Å². The number of benzene rings is 2. The Bertz CT molecular complexity index is 879. The van der Waals surface area contributed by atoms with Crippen molar-refractivity contribution in [1.29, 1.82) is 0 Å². The summed E-state index contributed by atoms with van der Waals surface area (Å²) in [7, 11) is -2.03. The van der Waals surface area contributed by atoms with Gasteiger partial charge in [-0.2, -0.15) is 0 Å². The summed E-state index contributed by atoms with van der Waals surface area (Å²) in [6, 6.07) is 14.0. The molecular formula is C19H18O4S. The molecule has 2 aromatic carbocycles. The summed E-state index contributed by atoms with van der Waals surface area (Å²) >= 11 is 0. The van der Waals surface area contributed by atoms with E-state index in [1.165, 1.54) is 31.4 Å². The highest BCUT2D eigenvalue weighted by molar-refractivity contribution is 7.90. The summed E-state index contributed by atoms with van der Waals surface area (Å²) in [6.07, 6.45) is 7.83. The molecule has 0 spiro atoms. The van der Waals surface area contributed by atoms with Crippen LogP contribution in [0.4, 0.5) is 0 Å². The van der Waals surface area contributed by atoms with Crippen LogP contribution in [-0.4, -0.2) is 27.6 Å². The average molecular weight is 342 g/mol. The van der Waals surface area contributed by atoms with Gasteiger partial charge in [-0.15, -0.1) is 0 Å². The van der Waals surface area contributed by atoms with Crippen molar-refractivity contribution in [3.8, 4) is 5.75 Å². The van der Waals surface area contributed by atoms with E-state index in [1.54, 1.807) is 12.2 Å². The lowest BCUT2D eigenvalue weighted by Gasteiger charge is -2.07. The fourth-order valence-corrected chi connectivity index (χ4v) is 2.92. The zero-order valence-electron chi connectivity index (χ0n) is 13.5. The van der Waals surface area contributed by atoms with Crippen LogP contribution in [0.1, 0.15) is 15.9 Å². The van der Waals surface area contributed by atoms with Crippen molar-refractivity contribution in [3.05, 3.63) is 77.9 Å². The Morgan fingerprint density at radius 3 is 2.38 bits per heavy atom. The first-order valence-electron chi connectivity index (χ1n) is 7.24. The molecule has 0 aliphatic carbocycles. The monoisotopic (exact) mass is 342 g/mol. The summed E-state index contributed by atoms with van der Waals surface area (Å²) in [5.41, 5.74) is 1.40. The molecule has 2 aromatic rings. The summed E-state index contributed by atoms with van der Waals surface area (Å²) in [4.78, 5) is 12.2. The van der Waals surface area contributed by atoms with Crippen LogP contribution in [0.2, 0.25) is 0 Å². The number of carbonyl (C=O) groups excluding carboxylic acids is 1. The second-order valence-corrected chi connectivity index (χ2v) is 7.12. The summed E-state index contributed by atoms with van der Waals surface area (Å²) in [5.74, 6) is -0.0670. The third kappa shape index (κ3) is 4.67. The molecule has 0 aliphatic heterocycles. The van der Waals surface area contributed by atoms with Crippen LogP contribution >= 0.6 is 0 Å². The topological polar surface area (TPSA) is 60.4 Å². The summed E-state index contributed by atoms with van der Waals surface area (Å²) in [6.45, 7) is 0. The molecule has 2 rings (SSSR count). The Hall–Kier alpha value is -2.66. The van der Waals surface area contributed by atoms with Gasteiger partial charge in [-0.1, -0.05) is 48.6 Å². The van der Waals surface area contributed by atoms with Crippen LogP contribution in [-0.2, 0) is 9.84 Å². The molecule has 0 bridgehead atoms. The van der Waals surface area contributed by atoms with Gasteiger partial charge in [0.1, 0.15) is 10.6 Å². The number of carbonyl (C=O) groups is 1. The van der Waals surface area contributed by atoms with Gasteiger partial charge in [0.05, 0.1) is 7.11 Å². The molecule has 0 unspecified atom stereocenters. The number of hydrogen-bond donors (Lipinski definition) is 0. The predicted molar refractivity (Wildman–Crippen MR) is 95.1 cm³/mol. The van der Waals surface area contributed by atoms with E-state index in [-0.39, 0.29) is 16.4 Å². The largest absolute Gasteiger partial charge is 0.495 e. The lowest BCUT2D eigenvalue weighted by atomic mass is 10.1. The Kier molecular flexibility index (Phi) is 5.71. The van der Waals surface area contributed by atoms with Gasteiger partial charge in [-0.05, 0) is 29.8 Å². The van der Waals surface area contributed by atoms with E-state index in [0.29, 0.717) is 5.56 Å². The fourth-order valence-electron chi connectivity index (χ4n) is 2.10. The van der Waals surface area contributed by atoms with Gasteiger partial charge in [-0.25, -0.2) is 8.42 Å². The van der Waals surface area contributed by atoms with Crippen LogP contribution in [0.15, 0.2) is 71.7 Å². The number of ether oxygens (including phenoxy) is 1. The maximum absolute atomic E-state index is 12.2. The van der Waals surface area contributed by atoms with Crippen LogP contribution in [0.25, 0.3) is 6.08 Å². The van der Waals surface area contributed by atoms with Gasteiger partial charge >= 0.3 is 0 Å². The number of hydrogen-bond acceptors (Lipinski definition) is 4.